The SMILES string of the molecule is C=C1C2(C)c3ccccc3N3c4cncnc4N(c4ccccc4C)C3C12C. The van der Waals surface area contributed by atoms with Gasteiger partial charge in [0.25, 0.3) is 0 Å². The van der Waals surface area contributed by atoms with Crippen LogP contribution in [-0.2, 0) is 5.41 Å². The zero-order chi connectivity index (χ0) is 19.3. The van der Waals surface area contributed by atoms with Gasteiger partial charge in [0.1, 0.15) is 18.2 Å². The summed E-state index contributed by atoms with van der Waals surface area (Å²) >= 11 is 0. The lowest BCUT2D eigenvalue weighted by molar-refractivity contribution is 0.377. The van der Waals surface area contributed by atoms with Crippen molar-refractivity contribution in [1.82, 2.24) is 9.97 Å². The zero-order valence-electron chi connectivity index (χ0n) is 16.3. The molecule has 138 valence electrons. The first kappa shape index (κ1) is 15.9. The van der Waals surface area contributed by atoms with Gasteiger partial charge in [-0.15, -0.1) is 0 Å². The summed E-state index contributed by atoms with van der Waals surface area (Å²) in [5.41, 5.74) is 7.25. The smallest absolute Gasteiger partial charge is 0.162 e. The summed E-state index contributed by atoms with van der Waals surface area (Å²) in [6.45, 7) is 11.4. The van der Waals surface area contributed by atoms with E-state index in [0.717, 1.165) is 11.5 Å². The number of rotatable bonds is 1. The molecular formula is C24H22N4. The molecule has 3 aromatic rings. The van der Waals surface area contributed by atoms with Crippen molar-refractivity contribution in [3.63, 3.8) is 0 Å². The molecule has 6 rings (SSSR count). The lowest BCUT2D eigenvalue weighted by Crippen LogP contribution is -2.50. The molecule has 0 bridgehead atoms. The highest BCUT2D eigenvalue weighted by Crippen LogP contribution is 2.77. The van der Waals surface area contributed by atoms with Crippen molar-refractivity contribution < 1.29 is 0 Å². The predicted octanol–water partition coefficient (Wildman–Crippen LogP) is 5.25. The fraction of sp³-hybridized carbons (Fsp3) is 0.250. The van der Waals surface area contributed by atoms with E-state index in [9.17, 15) is 0 Å². The minimum absolute atomic E-state index is 0.0405. The highest BCUT2D eigenvalue weighted by atomic mass is 15.5. The molecule has 4 nitrogen and oxygen atoms in total. The molecule has 3 unspecified atom stereocenters. The standard InChI is InChI=1S/C24H22N4/c1-15-9-5-7-11-18(15)28-21-20(13-25-14-26-21)27-19-12-8-6-10-17(19)23(3)16(2)24(23,4)22(27)28/h5-14,22H,2H2,1,3-4H3. The van der Waals surface area contributed by atoms with Gasteiger partial charge < -0.3 is 9.80 Å². The minimum Gasteiger partial charge on any atom is -0.314 e. The molecule has 2 aliphatic heterocycles. The fourth-order valence-electron chi connectivity index (χ4n) is 5.66. The van der Waals surface area contributed by atoms with Gasteiger partial charge in [-0.05, 0) is 30.2 Å². The number of anilines is 4. The molecule has 1 aromatic heterocycles. The van der Waals surface area contributed by atoms with E-state index in [1.165, 1.54) is 28.1 Å². The third kappa shape index (κ3) is 1.52. The second-order valence-electron chi connectivity index (χ2n) is 8.45. The molecule has 0 amide bonds. The van der Waals surface area contributed by atoms with Crippen LogP contribution in [-0.4, -0.2) is 16.1 Å². The number of hydrogen-bond acceptors (Lipinski definition) is 4. The molecule has 0 spiro atoms. The van der Waals surface area contributed by atoms with Crippen LogP contribution >= 0.6 is 0 Å². The van der Waals surface area contributed by atoms with E-state index < -0.39 is 0 Å². The number of hydrogen-bond donors (Lipinski definition) is 0. The number of nitrogens with zero attached hydrogens (tertiary/aromatic N) is 4. The van der Waals surface area contributed by atoms with Crippen LogP contribution in [0.4, 0.5) is 22.9 Å². The first-order valence-corrected chi connectivity index (χ1v) is 9.74. The second-order valence-corrected chi connectivity index (χ2v) is 8.45. The molecule has 1 fully saturated rings. The average molecular weight is 366 g/mol. The van der Waals surface area contributed by atoms with Crippen LogP contribution in [0.25, 0.3) is 0 Å². The van der Waals surface area contributed by atoms with E-state index in [0.29, 0.717) is 0 Å². The van der Waals surface area contributed by atoms with Crippen molar-refractivity contribution in [2.24, 2.45) is 5.41 Å². The summed E-state index contributed by atoms with van der Waals surface area (Å²) in [4.78, 5) is 13.9. The van der Waals surface area contributed by atoms with E-state index in [-0.39, 0.29) is 17.0 Å². The van der Waals surface area contributed by atoms with Gasteiger partial charge in [0, 0.05) is 22.2 Å². The maximum absolute atomic E-state index is 4.73. The Kier molecular flexibility index (Phi) is 2.73. The molecule has 0 radical (unpaired) electrons. The van der Waals surface area contributed by atoms with Gasteiger partial charge in [-0.25, -0.2) is 9.97 Å². The normalized spacial score (nSPS) is 29.1. The average Bonchev–Trinajstić information content (AvgIpc) is 3.02. The van der Waals surface area contributed by atoms with E-state index in [4.69, 9.17) is 4.98 Å². The predicted molar refractivity (Wildman–Crippen MR) is 112 cm³/mol. The number of para-hydroxylation sites is 2. The number of aromatic nitrogens is 2. The molecule has 0 N–H and O–H groups in total. The molecule has 2 aromatic carbocycles. The van der Waals surface area contributed by atoms with Gasteiger partial charge in [-0.1, -0.05) is 62.4 Å². The Morgan fingerprint density at radius 3 is 2.43 bits per heavy atom. The number of fused-ring (bicyclic) bond motifs is 8. The maximum Gasteiger partial charge on any atom is 0.162 e. The molecular weight excluding hydrogens is 344 g/mol. The molecule has 4 heteroatoms. The van der Waals surface area contributed by atoms with Crippen molar-refractivity contribution in [2.75, 3.05) is 9.80 Å². The van der Waals surface area contributed by atoms with Crippen molar-refractivity contribution in [3.05, 3.63) is 84.3 Å². The molecule has 1 aliphatic carbocycles. The van der Waals surface area contributed by atoms with Gasteiger partial charge in [0.05, 0.1) is 6.20 Å². The summed E-state index contributed by atoms with van der Waals surface area (Å²) < 4.78 is 0. The van der Waals surface area contributed by atoms with Crippen LogP contribution in [0.3, 0.4) is 0 Å². The molecule has 3 atom stereocenters. The highest BCUT2D eigenvalue weighted by molar-refractivity contribution is 5.92. The third-order valence-electron chi connectivity index (χ3n) is 7.45. The van der Waals surface area contributed by atoms with Gasteiger partial charge in [0.2, 0.25) is 0 Å². The Hall–Kier alpha value is -3.14. The van der Waals surface area contributed by atoms with E-state index in [1.807, 2.05) is 6.20 Å². The fourth-order valence-corrected chi connectivity index (χ4v) is 5.66. The minimum atomic E-state index is -0.0790. The molecule has 0 saturated heterocycles. The van der Waals surface area contributed by atoms with Crippen LogP contribution in [0.1, 0.15) is 25.0 Å². The van der Waals surface area contributed by atoms with Crippen molar-refractivity contribution in [2.45, 2.75) is 32.4 Å². The van der Waals surface area contributed by atoms with Crippen LogP contribution < -0.4 is 9.80 Å². The zero-order valence-corrected chi connectivity index (χ0v) is 16.3. The van der Waals surface area contributed by atoms with Gasteiger partial charge in [0.15, 0.2) is 5.82 Å². The van der Waals surface area contributed by atoms with Crippen LogP contribution in [0.2, 0.25) is 0 Å². The van der Waals surface area contributed by atoms with Crippen molar-refractivity contribution >= 4 is 22.9 Å². The first-order chi connectivity index (χ1) is 13.5. The molecule has 1 saturated carbocycles. The Morgan fingerprint density at radius 1 is 0.929 bits per heavy atom. The summed E-state index contributed by atoms with van der Waals surface area (Å²) in [6.07, 6.45) is 3.69. The Bertz CT molecular complexity index is 1170. The van der Waals surface area contributed by atoms with Crippen LogP contribution in [0, 0.1) is 12.3 Å². The van der Waals surface area contributed by atoms with Gasteiger partial charge >= 0.3 is 0 Å². The maximum atomic E-state index is 4.73. The topological polar surface area (TPSA) is 32.3 Å². The van der Waals surface area contributed by atoms with E-state index >= 15 is 0 Å². The van der Waals surface area contributed by atoms with Crippen molar-refractivity contribution in [1.29, 1.82) is 0 Å². The van der Waals surface area contributed by atoms with E-state index in [2.05, 4.69) is 90.7 Å². The summed E-state index contributed by atoms with van der Waals surface area (Å²) in [5, 5.41) is 0. The quantitative estimate of drug-likeness (QED) is 0.551. The van der Waals surface area contributed by atoms with Gasteiger partial charge in [-0.3, -0.25) is 0 Å². The van der Waals surface area contributed by atoms with Crippen LogP contribution in [0.5, 0.6) is 0 Å². The number of aryl methyl sites for hydroxylation is 1. The lowest BCUT2D eigenvalue weighted by Gasteiger charge is -2.44. The van der Waals surface area contributed by atoms with E-state index in [1.54, 1.807) is 6.33 Å². The lowest BCUT2D eigenvalue weighted by atomic mass is 9.81. The monoisotopic (exact) mass is 366 g/mol. The molecule has 3 heterocycles. The summed E-state index contributed by atoms with van der Waals surface area (Å²) in [6, 6.07) is 17.3. The Balaban J connectivity index is 1.70. The Labute approximate surface area is 165 Å². The highest BCUT2D eigenvalue weighted by Gasteiger charge is 2.76. The summed E-state index contributed by atoms with van der Waals surface area (Å²) in [5.74, 6) is 0.967. The summed E-state index contributed by atoms with van der Waals surface area (Å²) in [7, 11) is 0. The Morgan fingerprint density at radius 2 is 1.64 bits per heavy atom. The van der Waals surface area contributed by atoms with Gasteiger partial charge in [-0.2, -0.15) is 0 Å². The van der Waals surface area contributed by atoms with Crippen molar-refractivity contribution in [3.8, 4) is 0 Å². The number of benzene rings is 2. The van der Waals surface area contributed by atoms with Crippen LogP contribution in [0.15, 0.2) is 73.2 Å². The largest absolute Gasteiger partial charge is 0.314 e. The second kappa shape index (κ2) is 4.82. The molecule has 3 aliphatic rings. The first-order valence-electron chi connectivity index (χ1n) is 9.74. The third-order valence-corrected chi connectivity index (χ3v) is 7.45. The molecule has 28 heavy (non-hydrogen) atoms.